The SMILES string of the molecule is CCc1cnc(N2CCC[C@]3(CCNC3=O)C2)nc1. The molecule has 1 amide bonds. The average molecular weight is 260 g/mol. The Labute approximate surface area is 113 Å². The van der Waals surface area contributed by atoms with Crippen LogP contribution in [-0.2, 0) is 11.2 Å². The van der Waals surface area contributed by atoms with Gasteiger partial charge < -0.3 is 10.2 Å². The quantitative estimate of drug-likeness (QED) is 0.866. The molecule has 1 N–H and O–H groups in total. The Morgan fingerprint density at radius 1 is 1.37 bits per heavy atom. The lowest BCUT2D eigenvalue weighted by Gasteiger charge is -2.38. The van der Waals surface area contributed by atoms with Crippen molar-refractivity contribution < 1.29 is 4.79 Å². The first-order valence-electron chi connectivity index (χ1n) is 7.08. The third-order valence-corrected chi connectivity index (χ3v) is 4.33. The fourth-order valence-electron chi connectivity index (χ4n) is 3.10. The van der Waals surface area contributed by atoms with Crippen molar-refractivity contribution in [1.82, 2.24) is 15.3 Å². The van der Waals surface area contributed by atoms with E-state index in [0.29, 0.717) is 0 Å². The summed E-state index contributed by atoms with van der Waals surface area (Å²) in [6.07, 6.45) is 7.69. The predicted molar refractivity (Wildman–Crippen MR) is 72.9 cm³/mol. The van der Waals surface area contributed by atoms with Crippen LogP contribution >= 0.6 is 0 Å². The van der Waals surface area contributed by atoms with Crippen LogP contribution in [-0.4, -0.2) is 35.5 Å². The molecular weight excluding hydrogens is 240 g/mol. The number of hydrogen-bond acceptors (Lipinski definition) is 4. The highest BCUT2D eigenvalue weighted by molar-refractivity contribution is 5.85. The van der Waals surface area contributed by atoms with Crippen LogP contribution in [0.3, 0.4) is 0 Å². The minimum absolute atomic E-state index is 0.203. The minimum Gasteiger partial charge on any atom is -0.356 e. The van der Waals surface area contributed by atoms with Crippen molar-refractivity contribution in [3.8, 4) is 0 Å². The first-order chi connectivity index (χ1) is 9.23. The summed E-state index contributed by atoms with van der Waals surface area (Å²) in [5.41, 5.74) is 0.944. The predicted octanol–water partition coefficient (Wildman–Crippen LogP) is 1.15. The number of aromatic nitrogens is 2. The maximum atomic E-state index is 12.0. The van der Waals surface area contributed by atoms with E-state index in [-0.39, 0.29) is 11.3 Å². The van der Waals surface area contributed by atoms with E-state index in [4.69, 9.17) is 0 Å². The molecule has 19 heavy (non-hydrogen) atoms. The van der Waals surface area contributed by atoms with Crippen LogP contribution in [0, 0.1) is 5.41 Å². The molecule has 0 bridgehead atoms. The second-order valence-electron chi connectivity index (χ2n) is 5.56. The zero-order chi connectivity index (χ0) is 13.3. The van der Waals surface area contributed by atoms with Crippen LogP contribution in [0.25, 0.3) is 0 Å². The van der Waals surface area contributed by atoms with Gasteiger partial charge in [0.15, 0.2) is 0 Å². The highest BCUT2D eigenvalue weighted by Crippen LogP contribution is 2.37. The number of carbonyl (C=O) groups is 1. The van der Waals surface area contributed by atoms with E-state index in [9.17, 15) is 4.79 Å². The Hall–Kier alpha value is -1.65. The molecule has 2 aliphatic heterocycles. The Bertz CT molecular complexity index is 473. The second-order valence-corrected chi connectivity index (χ2v) is 5.56. The monoisotopic (exact) mass is 260 g/mol. The summed E-state index contributed by atoms with van der Waals surface area (Å²) in [7, 11) is 0. The van der Waals surface area contributed by atoms with E-state index in [1.54, 1.807) is 0 Å². The third kappa shape index (κ3) is 2.17. The maximum Gasteiger partial charge on any atom is 0.228 e. The van der Waals surface area contributed by atoms with E-state index in [0.717, 1.165) is 56.8 Å². The van der Waals surface area contributed by atoms with E-state index in [1.807, 2.05) is 12.4 Å². The van der Waals surface area contributed by atoms with Gasteiger partial charge in [-0.2, -0.15) is 0 Å². The summed E-state index contributed by atoms with van der Waals surface area (Å²) in [4.78, 5) is 23.1. The van der Waals surface area contributed by atoms with Crippen LogP contribution in [0.15, 0.2) is 12.4 Å². The van der Waals surface area contributed by atoms with Crippen LogP contribution in [0.2, 0.25) is 0 Å². The number of rotatable bonds is 2. The van der Waals surface area contributed by atoms with E-state index in [1.165, 1.54) is 0 Å². The molecule has 1 aromatic heterocycles. The summed E-state index contributed by atoms with van der Waals surface area (Å²) in [5, 5.41) is 2.96. The molecule has 2 saturated heterocycles. The van der Waals surface area contributed by atoms with Crippen molar-refractivity contribution in [2.24, 2.45) is 5.41 Å². The lowest BCUT2D eigenvalue weighted by atomic mass is 9.78. The standard InChI is InChI=1S/C14H20N4O/c1-2-11-8-16-13(17-9-11)18-7-3-4-14(10-18)5-6-15-12(14)19/h8-9H,2-7,10H2,1H3,(H,15,19)/t14-/m0/s1. The normalized spacial score (nSPS) is 26.8. The van der Waals surface area contributed by atoms with Crippen LogP contribution in [0.1, 0.15) is 31.7 Å². The smallest absolute Gasteiger partial charge is 0.228 e. The highest BCUT2D eigenvalue weighted by Gasteiger charge is 2.45. The van der Waals surface area contributed by atoms with Gasteiger partial charge in [-0.3, -0.25) is 4.79 Å². The largest absolute Gasteiger partial charge is 0.356 e. The molecule has 0 aliphatic carbocycles. The number of hydrogen-bond donors (Lipinski definition) is 1. The van der Waals surface area contributed by atoms with Gasteiger partial charge in [0.1, 0.15) is 0 Å². The second kappa shape index (κ2) is 4.79. The topological polar surface area (TPSA) is 58.1 Å². The Balaban J connectivity index is 1.79. The lowest BCUT2D eigenvalue weighted by molar-refractivity contribution is -0.128. The summed E-state index contributed by atoms with van der Waals surface area (Å²) in [6.45, 7) is 4.60. The number of piperidine rings is 1. The molecule has 1 aromatic rings. The highest BCUT2D eigenvalue weighted by atomic mass is 16.2. The van der Waals surface area contributed by atoms with Gasteiger partial charge in [0.25, 0.3) is 0 Å². The van der Waals surface area contributed by atoms with E-state index >= 15 is 0 Å². The molecule has 5 heteroatoms. The zero-order valence-corrected chi connectivity index (χ0v) is 11.4. The number of carbonyl (C=O) groups excluding carboxylic acids is 1. The first kappa shape index (κ1) is 12.4. The van der Waals surface area contributed by atoms with Crippen molar-refractivity contribution >= 4 is 11.9 Å². The number of aryl methyl sites for hydroxylation is 1. The van der Waals surface area contributed by atoms with Crippen LogP contribution in [0.4, 0.5) is 5.95 Å². The van der Waals surface area contributed by atoms with Gasteiger partial charge in [0.2, 0.25) is 11.9 Å². The lowest BCUT2D eigenvalue weighted by Crippen LogP contribution is -2.47. The summed E-state index contributed by atoms with van der Waals surface area (Å²) >= 11 is 0. The number of amides is 1. The molecule has 1 spiro atoms. The van der Waals surface area contributed by atoms with Crippen LogP contribution < -0.4 is 10.2 Å². The molecular formula is C14H20N4O. The van der Waals surface area contributed by atoms with Crippen molar-refractivity contribution in [3.05, 3.63) is 18.0 Å². The van der Waals surface area contributed by atoms with Gasteiger partial charge in [-0.25, -0.2) is 9.97 Å². The zero-order valence-electron chi connectivity index (χ0n) is 11.4. The Morgan fingerprint density at radius 3 is 2.79 bits per heavy atom. The van der Waals surface area contributed by atoms with Crippen LogP contribution in [0.5, 0.6) is 0 Å². The molecule has 5 nitrogen and oxygen atoms in total. The molecule has 102 valence electrons. The Kier molecular flexibility index (Phi) is 3.12. The van der Waals surface area contributed by atoms with Crippen molar-refractivity contribution in [3.63, 3.8) is 0 Å². The molecule has 2 aliphatic rings. The average Bonchev–Trinajstić information content (AvgIpc) is 2.80. The fraction of sp³-hybridized carbons (Fsp3) is 0.643. The van der Waals surface area contributed by atoms with Crippen molar-refractivity contribution in [2.45, 2.75) is 32.6 Å². The fourth-order valence-corrected chi connectivity index (χ4v) is 3.10. The molecule has 0 saturated carbocycles. The number of nitrogens with zero attached hydrogens (tertiary/aromatic N) is 3. The molecule has 3 rings (SSSR count). The molecule has 3 heterocycles. The molecule has 0 radical (unpaired) electrons. The third-order valence-electron chi connectivity index (χ3n) is 4.33. The Morgan fingerprint density at radius 2 is 2.16 bits per heavy atom. The van der Waals surface area contributed by atoms with Gasteiger partial charge in [-0.05, 0) is 31.2 Å². The summed E-state index contributed by atoms with van der Waals surface area (Å²) in [5.74, 6) is 0.971. The molecule has 1 atom stereocenters. The van der Waals surface area contributed by atoms with E-state index < -0.39 is 0 Å². The van der Waals surface area contributed by atoms with Gasteiger partial charge in [-0.1, -0.05) is 6.92 Å². The van der Waals surface area contributed by atoms with Gasteiger partial charge in [0, 0.05) is 32.0 Å². The summed E-state index contributed by atoms with van der Waals surface area (Å²) < 4.78 is 0. The molecule has 2 fully saturated rings. The number of nitrogens with one attached hydrogen (secondary N) is 1. The van der Waals surface area contributed by atoms with Crippen molar-refractivity contribution in [1.29, 1.82) is 0 Å². The number of anilines is 1. The van der Waals surface area contributed by atoms with E-state index in [2.05, 4.69) is 27.1 Å². The minimum atomic E-state index is -0.203. The van der Waals surface area contributed by atoms with Crippen molar-refractivity contribution in [2.75, 3.05) is 24.5 Å². The maximum absolute atomic E-state index is 12.0. The van der Waals surface area contributed by atoms with Gasteiger partial charge in [0.05, 0.1) is 5.41 Å². The molecule has 0 aromatic carbocycles. The van der Waals surface area contributed by atoms with Gasteiger partial charge in [-0.15, -0.1) is 0 Å². The summed E-state index contributed by atoms with van der Waals surface area (Å²) in [6, 6.07) is 0. The first-order valence-corrected chi connectivity index (χ1v) is 7.08. The van der Waals surface area contributed by atoms with Gasteiger partial charge >= 0.3 is 0 Å². The molecule has 0 unspecified atom stereocenters.